The number of hydrogen-bond acceptors (Lipinski definition) is 5. The van der Waals surface area contributed by atoms with Crippen LogP contribution in [0.15, 0.2) is 48.8 Å². The van der Waals surface area contributed by atoms with Crippen molar-refractivity contribution in [2.24, 2.45) is 0 Å². The van der Waals surface area contributed by atoms with Gasteiger partial charge in [-0.15, -0.1) is 0 Å². The van der Waals surface area contributed by atoms with Crippen molar-refractivity contribution >= 4 is 17.5 Å². The van der Waals surface area contributed by atoms with Crippen LogP contribution in [-0.4, -0.2) is 37.3 Å². The van der Waals surface area contributed by atoms with Crippen molar-refractivity contribution in [1.82, 2.24) is 10.3 Å². The molecule has 2 N–H and O–H groups in total. The van der Waals surface area contributed by atoms with Crippen LogP contribution >= 0.6 is 0 Å². The summed E-state index contributed by atoms with van der Waals surface area (Å²) < 4.78 is 5.25. The number of anilines is 2. The average Bonchev–Trinajstić information content (AvgIpc) is 2.59. The van der Waals surface area contributed by atoms with Gasteiger partial charge in [0.1, 0.15) is 6.61 Å². The van der Waals surface area contributed by atoms with E-state index < -0.39 is 0 Å². The van der Waals surface area contributed by atoms with Gasteiger partial charge >= 0.3 is 6.09 Å². The number of alkyl carbamates (subject to hydrolysis) is 1. The largest absolute Gasteiger partial charge is 0.445 e. The van der Waals surface area contributed by atoms with Crippen LogP contribution in [0.5, 0.6) is 0 Å². The Morgan fingerprint density at radius 1 is 1.20 bits per heavy atom. The van der Waals surface area contributed by atoms with Gasteiger partial charge in [0.15, 0.2) is 0 Å². The molecule has 2 aromatic rings. The van der Waals surface area contributed by atoms with Gasteiger partial charge in [0.05, 0.1) is 17.6 Å². The Kier molecular flexibility index (Phi) is 5.38. The topological polar surface area (TPSA) is 66.5 Å². The number of nitrogens with zero attached hydrogens (tertiary/aromatic N) is 2. The molecule has 3 rings (SSSR count). The van der Waals surface area contributed by atoms with Gasteiger partial charge < -0.3 is 20.3 Å². The zero-order valence-electron chi connectivity index (χ0n) is 14.6. The molecule has 1 saturated carbocycles. The fourth-order valence-corrected chi connectivity index (χ4v) is 2.89. The number of nitrogens with one attached hydrogen (secondary N) is 2. The van der Waals surface area contributed by atoms with Crippen LogP contribution in [0.25, 0.3) is 0 Å². The van der Waals surface area contributed by atoms with Crippen molar-refractivity contribution in [3.8, 4) is 0 Å². The molecule has 0 saturated heterocycles. The van der Waals surface area contributed by atoms with Crippen molar-refractivity contribution in [3.05, 3.63) is 54.4 Å². The zero-order valence-corrected chi connectivity index (χ0v) is 14.6. The minimum absolute atomic E-state index is 0.153. The second-order valence-corrected chi connectivity index (χ2v) is 6.50. The first-order valence-electron chi connectivity index (χ1n) is 8.47. The van der Waals surface area contributed by atoms with Gasteiger partial charge in [-0.1, -0.05) is 30.3 Å². The van der Waals surface area contributed by atoms with Gasteiger partial charge in [0, 0.05) is 32.4 Å². The monoisotopic (exact) mass is 340 g/mol. The van der Waals surface area contributed by atoms with E-state index in [0.29, 0.717) is 12.6 Å². The van der Waals surface area contributed by atoms with E-state index in [0.717, 1.165) is 29.8 Å². The lowest BCUT2D eigenvalue weighted by Gasteiger charge is -2.37. The Morgan fingerprint density at radius 3 is 2.68 bits per heavy atom. The first-order chi connectivity index (χ1) is 12.1. The fourth-order valence-electron chi connectivity index (χ4n) is 2.89. The van der Waals surface area contributed by atoms with Crippen molar-refractivity contribution in [1.29, 1.82) is 0 Å². The molecule has 6 nitrogen and oxygen atoms in total. The van der Waals surface area contributed by atoms with Crippen LogP contribution in [0.1, 0.15) is 18.4 Å². The summed E-state index contributed by atoms with van der Waals surface area (Å²) in [4.78, 5) is 18.1. The van der Waals surface area contributed by atoms with Gasteiger partial charge in [-0.25, -0.2) is 4.79 Å². The molecular weight excluding hydrogens is 316 g/mol. The molecule has 25 heavy (non-hydrogen) atoms. The maximum Gasteiger partial charge on any atom is 0.407 e. The lowest BCUT2D eigenvalue weighted by Crippen LogP contribution is -2.49. The minimum Gasteiger partial charge on any atom is -0.445 e. The number of ether oxygens (including phenoxy) is 1. The number of carbonyl (C=O) groups excluding carboxylic acids is 1. The van der Waals surface area contributed by atoms with Crippen LogP contribution in [0.2, 0.25) is 0 Å². The quantitative estimate of drug-likeness (QED) is 0.846. The number of benzene rings is 1. The highest BCUT2D eigenvalue weighted by atomic mass is 16.5. The molecular formula is C19H24N4O2. The summed E-state index contributed by atoms with van der Waals surface area (Å²) in [5.74, 6) is 0. The molecule has 0 spiro atoms. The molecule has 1 aliphatic rings. The Bertz CT molecular complexity index is 700. The number of pyridine rings is 1. The molecule has 0 radical (unpaired) electrons. The number of rotatable bonds is 6. The lowest BCUT2D eigenvalue weighted by atomic mass is 9.86. The van der Waals surface area contributed by atoms with Crippen molar-refractivity contribution in [3.63, 3.8) is 0 Å². The molecule has 132 valence electrons. The predicted molar refractivity (Wildman–Crippen MR) is 98.8 cm³/mol. The van der Waals surface area contributed by atoms with Gasteiger partial charge in [-0.05, 0) is 24.5 Å². The van der Waals surface area contributed by atoms with E-state index in [9.17, 15) is 4.79 Å². The van der Waals surface area contributed by atoms with Crippen LogP contribution in [0.4, 0.5) is 16.2 Å². The van der Waals surface area contributed by atoms with Gasteiger partial charge in [-0.3, -0.25) is 4.98 Å². The van der Waals surface area contributed by atoms with Gasteiger partial charge in [0.25, 0.3) is 0 Å². The Labute approximate surface area is 148 Å². The molecule has 1 heterocycles. The summed E-state index contributed by atoms with van der Waals surface area (Å²) >= 11 is 0. The van der Waals surface area contributed by atoms with Crippen LogP contribution in [0, 0.1) is 0 Å². The maximum absolute atomic E-state index is 11.9. The number of aromatic nitrogens is 1. The molecule has 0 atom stereocenters. The zero-order chi connectivity index (χ0) is 17.6. The summed E-state index contributed by atoms with van der Waals surface area (Å²) in [6.45, 7) is 0.295. The summed E-state index contributed by atoms with van der Waals surface area (Å²) in [6.07, 6.45) is 5.02. The van der Waals surface area contributed by atoms with E-state index in [1.807, 2.05) is 56.7 Å². The third-order valence-corrected chi connectivity index (χ3v) is 4.31. The molecule has 1 aromatic carbocycles. The van der Waals surface area contributed by atoms with E-state index in [-0.39, 0.29) is 12.1 Å². The van der Waals surface area contributed by atoms with Crippen molar-refractivity contribution in [2.75, 3.05) is 24.3 Å². The smallest absolute Gasteiger partial charge is 0.407 e. The third kappa shape index (κ3) is 4.62. The van der Waals surface area contributed by atoms with Crippen LogP contribution < -0.4 is 15.5 Å². The molecule has 0 aliphatic heterocycles. The summed E-state index contributed by atoms with van der Waals surface area (Å²) in [7, 11) is 4.02. The van der Waals surface area contributed by atoms with E-state index in [2.05, 4.69) is 20.5 Å². The van der Waals surface area contributed by atoms with Crippen molar-refractivity contribution < 1.29 is 9.53 Å². The van der Waals surface area contributed by atoms with Gasteiger partial charge in [-0.2, -0.15) is 0 Å². The molecule has 1 amide bonds. The molecule has 1 aromatic heterocycles. The van der Waals surface area contributed by atoms with E-state index >= 15 is 0 Å². The van der Waals surface area contributed by atoms with Gasteiger partial charge in [0.2, 0.25) is 0 Å². The van der Waals surface area contributed by atoms with Crippen LogP contribution in [-0.2, 0) is 11.3 Å². The van der Waals surface area contributed by atoms with Crippen molar-refractivity contribution in [2.45, 2.75) is 31.5 Å². The summed E-state index contributed by atoms with van der Waals surface area (Å²) in [5, 5.41) is 6.41. The van der Waals surface area contributed by atoms with Crippen LogP contribution in [0.3, 0.4) is 0 Å². The third-order valence-electron chi connectivity index (χ3n) is 4.31. The Morgan fingerprint density at radius 2 is 1.96 bits per heavy atom. The van der Waals surface area contributed by atoms with E-state index in [4.69, 9.17) is 4.74 Å². The molecule has 1 aliphatic carbocycles. The Hall–Kier alpha value is -2.76. The maximum atomic E-state index is 11.9. The Balaban J connectivity index is 1.40. The normalized spacial score (nSPS) is 18.8. The minimum atomic E-state index is -0.359. The number of hydrogen-bond donors (Lipinski definition) is 2. The average molecular weight is 340 g/mol. The first-order valence-corrected chi connectivity index (χ1v) is 8.47. The highest BCUT2D eigenvalue weighted by Gasteiger charge is 2.31. The predicted octanol–water partition coefficient (Wildman–Crippen LogP) is 3.02. The fraction of sp³-hybridized carbons (Fsp3) is 0.368. The number of carbonyl (C=O) groups is 1. The molecule has 0 bridgehead atoms. The lowest BCUT2D eigenvalue weighted by molar-refractivity contribution is 0.129. The summed E-state index contributed by atoms with van der Waals surface area (Å²) in [5.41, 5.74) is 3.11. The molecule has 0 unspecified atom stereocenters. The SMILES string of the molecule is CN(C)c1ccncc1NC1CC(NC(=O)OCc2ccccc2)C1. The second-order valence-electron chi connectivity index (χ2n) is 6.50. The standard InChI is InChI=1S/C19H24N4O2/c1-23(2)18-8-9-20-12-17(18)21-15-10-16(11-15)22-19(24)25-13-14-6-4-3-5-7-14/h3-9,12,15-16,21H,10-11,13H2,1-2H3,(H,22,24). The highest BCUT2D eigenvalue weighted by Crippen LogP contribution is 2.29. The number of amides is 1. The molecule has 1 fully saturated rings. The first kappa shape index (κ1) is 17.1. The van der Waals surface area contributed by atoms with E-state index in [1.165, 1.54) is 0 Å². The van der Waals surface area contributed by atoms with E-state index in [1.54, 1.807) is 6.20 Å². The molecule has 6 heteroatoms. The summed E-state index contributed by atoms with van der Waals surface area (Å²) in [6, 6.07) is 12.1. The highest BCUT2D eigenvalue weighted by molar-refractivity contribution is 5.69. The second kappa shape index (κ2) is 7.88.